The average Bonchev–Trinajstić information content (AvgIpc) is 1.90. The molecule has 0 atom stereocenters. The van der Waals surface area contributed by atoms with E-state index >= 15 is 0 Å². The van der Waals surface area contributed by atoms with Crippen LogP contribution in [0.2, 0.25) is 0 Å². The van der Waals surface area contributed by atoms with Gasteiger partial charge in [-0.05, 0) is 12.1 Å². The van der Waals surface area contributed by atoms with E-state index < -0.39 is 0 Å². The Balaban J connectivity index is 0.000000810. The first-order valence-electron chi connectivity index (χ1n) is 2.54. The van der Waals surface area contributed by atoms with Gasteiger partial charge in [0.05, 0.1) is 18.5 Å². The predicted molar refractivity (Wildman–Crippen MR) is 37.4 cm³/mol. The van der Waals surface area contributed by atoms with Gasteiger partial charge in [0, 0.05) is 0 Å². The molecule has 2 nitrogen and oxygen atoms in total. The van der Waals surface area contributed by atoms with Crippen molar-refractivity contribution in [2.75, 3.05) is 0 Å². The van der Waals surface area contributed by atoms with Crippen molar-refractivity contribution < 1.29 is 9.50 Å². The summed E-state index contributed by atoms with van der Waals surface area (Å²) in [6.45, 7) is -0.139. The quantitative estimate of drug-likeness (QED) is 0.674. The maximum atomic E-state index is 12.1. The highest BCUT2D eigenvalue weighted by atomic mass is 35.5. The molecule has 10 heavy (non-hydrogen) atoms. The third-order valence-corrected chi connectivity index (χ3v) is 0.951. The zero-order chi connectivity index (χ0) is 6.69. The summed E-state index contributed by atoms with van der Waals surface area (Å²) in [5.41, 5.74) is 0.483. The second-order valence-electron chi connectivity index (χ2n) is 1.63. The van der Waals surface area contributed by atoms with Crippen LogP contribution in [0.3, 0.4) is 0 Å². The second kappa shape index (κ2) is 4.19. The first kappa shape index (κ1) is 9.33. The molecule has 0 aromatic carbocycles. The van der Waals surface area contributed by atoms with Gasteiger partial charge in [-0.3, -0.25) is 4.98 Å². The lowest BCUT2D eigenvalue weighted by Crippen LogP contribution is -1.87. The Morgan fingerprint density at radius 2 is 2.20 bits per heavy atom. The van der Waals surface area contributed by atoms with Crippen molar-refractivity contribution in [3.8, 4) is 0 Å². The number of halogens is 2. The van der Waals surface area contributed by atoms with Crippen LogP contribution in [0.5, 0.6) is 0 Å². The van der Waals surface area contributed by atoms with Gasteiger partial charge >= 0.3 is 0 Å². The Hall–Kier alpha value is -0.670. The molecule has 1 heterocycles. The third kappa shape index (κ3) is 2.29. The van der Waals surface area contributed by atoms with Crippen LogP contribution in [0, 0.1) is 5.82 Å². The monoisotopic (exact) mass is 163 g/mol. The van der Waals surface area contributed by atoms with E-state index in [9.17, 15) is 4.39 Å². The fourth-order valence-electron chi connectivity index (χ4n) is 0.500. The zero-order valence-corrected chi connectivity index (χ0v) is 5.94. The molecule has 0 amide bonds. The van der Waals surface area contributed by atoms with Crippen molar-refractivity contribution in [2.24, 2.45) is 0 Å². The van der Waals surface area contributed by atoms with Crippen LogP contribution in [-0.4, -0.2) is 10.1 Å². The molecule has 0 spiro atoms. The van der Waals surface area contributed by atoms with E-state index in [1.165, 1.54) is 12.1 Å². The van der Waals surface area contributed by atoms with Crippen LogP contribution in [-0.2, 0) is 6.61 Å². The Kier molecular flexibility index (Phi) is 3.91. The number of aromatic nitrogens is 1. The molecule has 1 N–H and O–H groups in total. The van der Waals surface area contributed by atoms with Crippen LogP contribution in [0.1, 0.15) is 5.69 Å². The summed E-state index contributed by atoms with van der Waals surface area (Å²) < 4.78 is 12.1. The molecule has 0 aliphatic heterocycles. The lowest BCUT2D eigenvalue weighted by molar-refractivity contribution is 0.276. The minimum absolute atomic E-state index is 0. The molecule has 0 radical (unpaired) electrons. The lowest BCUT2D eigenvalue weighted by atomic mass is 10.4. The van der Waals surface area contributed by atoms with Crippen molar-refractivity contribution in [1.29, 1.82) is 0 Å². The molecule has 1 aromatic rings. The first-order valence-corrected chi connectivity index (χ1v) is 2.54. The van der Waals surface area contributed by atoms with Crippen molar-refractivity contribution in [3.63, 3.8) is 0 Å². The molecule has 0 fully saturated rings. The van der Waals surface area contributed by atoms with Gasteiger partial charge in [-0.1, -0.05) is 0 Å². The summed E-state index contributed by atoms with van der Waals surface area (Å²) in [7, 11) is 0. The number of hydrogen-bond donors (Lipinski definition) is 1. The normalized spacial score (nSPS) is 8.60. The maximum Gasteiger partial charge on any atom is 0.141 e. The van der Waals surface area contributed by atoms with E-state index in [2.05, 4.69) is 4.98 Å². The van der Waals surface area contributed by atoms with Gasteiger partial charge in [0.1, 0.15) is 5.82 Å². The van der Waals surface area contributed by atoms with E-state index in [4.69, 9.17) is 5.11 Å². The lowest BCUT2D eigenvalue weighted by Gasteiger charge is -1.90. The van der Waals surface area contributed by atoms with E-state index in [0.717, 1.165) is 6.20 Å². The van der Waals surface area contributed by atoms with Crippen molar-refractivity contribution in [1.82, 2.24) is 4.98 Å². The summed E-state index contributed by atoms with van der Waals surface area (Å²) >= 11 is 0. The SMILES string of the molecule is Cl.OCc1ccc(F)cn1. The minimum Gasteiger partial charge on any atom is -0.390 e. The maximum absolute atomic E-state index is 12.1. The van der Waals surface area contributed by atoms with E-state index in [0.29, 0.717) is 5.69 Å². The summed E-state index contributed by atoms with van der Waals surface area (Å²) in [5.74, 6) is -0.382. The highest BCUT2D eigenvalue weighted by molar-refractivity contribution is 5.85. The van der Waals surface area contributed by atoms with Gasteiger partial charge in [0.15, 0.2) is 0 Å². The Labute approximate surface area is 64.1 Å². The number of pyridine rings is 1. The fraction of sp³-hybridized carbons (Fsp3) is 0.167. The Bertz CT molecular complexity index is 189. The highest BCUT2D eigenvalue weighted by Crippen LogP contribution is 1.96. The molecule has 0 aliphatic rings. The van der Waals surface area contributed by atoms with E-state index in [-0.39, 0.29) is 24.8 Å². The van der Waals surface area contributed by atoms with Crippen LogP contribution in [0.25, 0.3) is 0 Å². The molecule has 0 bridgehead atoms. The molecular formula is C6H7ClFNO. The molecule has 4 heteroatoms. The van der Waals surface area contributed by atoms with E-state index in [1.807, 2.05) is 0 Å². The molecule has 1 aromatic heterocycles. The molecule has 0 unspecified atom stereocenters. The number of hydrogen-bond acceptors (Lipinski definition) is 2. The predicted octanol–water partition coefficient (Wildman–Crippen LogP) is 1.13. The van der Waals surface area contributed by atoms with Crippen LogP contribution in [0.15, 0.2) is 18.3 Å². The smallest absolute Gasteiger partial charge is 0.141 e. The standard InChI is InChI=1S/C6H6FNO.ClH/c7-5-1-2-6(4-9)8-3-5;/h1-3,9H,4H2;1H. The second-order valence-corrected chi connectivity index (χ2v) is 1.63. The van der Waals surface area contributed by atoms with Crippen molar-refractivity contribution in [3.05, 3.63) is 29.8 Å². The molecule has 0 aliphatic carbocycles. The molecule has 0 saturated carbocycles. The fourth-order valence-corrected chi connectivity index (χ4v) is 0.500. The Morgan fingerprint density at radius 1 is 1.50 bits per heavy atom. The molecule has 0 saturated heterocycles. The minimum atomic E-state index is -0.382. The summed E-state index contributed by atoms with van der Waals surface area (Å²) in [5, 5.41) is 8.44. The van der Waals surface area contributed by atoms with Crippen molar-refractivity contribution in [2.45, 2.75) is 6.61 Å². The third-order valence-electron chi connectivity index (χ3n) is 0.951. The Morgan fingerprint density at radius 3 is 2.60 bits per heavy atom. The number of aliphatic hydroxyl groups is 1. The van der Waals surface area contributed by atoms with Crippen LogP contribution < -0.4 is 0 Å². The number of rotatable bonds is 1. The average molecular weight is 164 g/mol. The van der Waals surface area contributed by atoms with Gasteiger partial charge in [-0.2, -0.15) is 0 Å². The van der Waals surface area contributed by atoms with Crippen LogP contribution >= 0.6 is 12.4 Å². The van der Waals surface area contributed by atoms with Gasteiger partial charge < -0.3 is 5.11 Å². The van der Waals surface area contributed by atoms with Gasteiger partial charge in [-0.25, -0.2) is 4.39 Å². The van der Waals surface area contributed by atoms with Crippen molar-refractivity contribution >= 4 is 12.4 Å². The first-order chi connectivity index (χ1) is 4.33. The number of aliphatic hydroxyl groups excluding tert-OH is 1. The van der Waals surface area contributed by atoms with Gasteiger partial charge in [-0.15, -0.1) is 12.4 Å². The van der Waals surface area contributed by atoms with Gasteiger partial charge in [0.2, 0.25) is 0 Å². The topological polar surface area (TPSA) is 33.1 Å². The van der Waals surface area contributed by atoms with E-state index in [1.54, 1.807) is 0 Å². The summed E-state index contributed by atoms with van der Waals surface area (Å²) in [6.07, 6.45) is 1.07. The summed E-state index contributed by atoms with van der Waals surface area (Å²) in [4.78, 5) is 3.57. The largest absolute Gasteiger partial charge is 0.390 e. The molecule has 56 valence electrons. The highest BCUT2D eigenvalue weighted by Gasteiger charge is 1.90. The molecular weight excluding hydrogens is 157 g/mol. The van der Waals surface area contributed by atoms with Crippen LogP contribution in [0.4, 0.5) is 4.39 Å². The molecule has 1 rings (SSSR count). The summed E-state index contributed by atoms with van der Waals surface area (Å²) in [6, 6.07) is 2.70. The zero-order valence-electron chi connectivity index (χ0n) is 5.12. The van der Waals surface area contributed by atoms with Gasteiger partial charge in [0.25, 0.3) is 0 Å². The number of nitrogens with zero attached hydrogens (tertiary/aromatic N) is 1.